The standard InChI is InChI=1S/C20H20N6/c1-26(13-15-6-3-2-4-7-15)14-18-11-19(25-20(22)24-18)23-17-9-5-8-16(10-17)12-21/h2-11H,13-14H2,1H3,(H3,22,23,24,25). The Morgan fingerprint density at radius 1 is 1.04 bits per heavy atom. The number of hydrogen-bond donors (Lipinski definition) is 2. The average molecular weight is 344 g/mol. The number of anilines is 3. The van der Waals surface area contributed by atoms with E-state index in [-0.39, 0.29) is 5.95 Å². The molecule has 0 aliphatic carbocycles. The monoisotopic (exact) mass is 344 g/mol. The Hall–Kier alpha value is -3.43. The van der Waals surface area contributed by atoms with Crippen LogP contribution >= 0.6 is 0 Å². The first-order valence-electron chi connectivity index (χ1n) is 8.25. The van der Waals surface area contributed by atoms with Gasteiger partial charge in [-0.3, -0.25) is 4.90 Å². The van der Waals surface area contributed by atoms with Crippen LogP contribution in [-0.2, 0) is 13.1 Å². The fourth-order valence-electron chi connectivity index (χ4n) is 2.70. The first kappa shape index (κ1) is 17.4. The van der Waals surface area contributed by atoms with Crippen molar-refractivity contribution in [2.45, 2.75) is 13.1 Å². The van der Waals surface area contributed by atoms with E-state index >= 15 is 0 Å². The Balaban J connectivity index is 1.72. The van der Waals surface area contributed by atoms with Gasteiger partial charge in [0.05, 0.1) is 17.3 Å². The van der Waals surface area contributed by atoms with Crippen LogP contribution in [-0.4, -0.2) is 21.9 Å². The molecule has 26 heavy (non-hydrogen) atoms. The second-order valence-electron chi connectivity index (χ2n) is 6.08. The summed E-state index contributed by atoms with van der Waals surface area (Å²) in [5.74, 6) is 0.824. The van der Waals surface area contributed by atoms with Crippen LogP contribution in [0.3, 0.4) is 0 Å². The summed E-state index contributed by atoms with van der Waals surface area (Å²) in [6.07, 6.45) is 0. The third-order valence-electron chi connectivity index (χ3n) is 3.79. The number of nitrogens with one attached hydrogen (secondary N) is 1. The van der Waals surface area contributed by atoms with E-state index in [9.17, 15) is 0 Å². The van der Waals surface area contributed by atoms with Gasteiger partial charge in [0, 0.05) is 24.8 Å². The Morgan fingerprint density at radius 2 is 1.85 bits per heavy atom. The molecule has 0 unspecified atom stereocenters. The molecule has 0 radical (unpaired) electrons. The maximum absolute atomic E-state index is 9.01. The summed E-state index contributed by atoms with van der Waals surface area (Å²) < 4.78 is 0. The minimum Gasteiger partial charge on any atom is -0.368 e. The number of nitrogen functional groups attached to an aromatic ring is 1. The molecule has 6 heteroatoms. The van der Waals surface area contributed by atoms with E-state index in [2.05, 4.69) is 38.4 Å². The molecule has 3 rings (SSSR count). The van der Waals surface area contributed by atoms with Crippen molar-refractivity contribution in [1.29, 1.82) is 5.26 Å². The van der Waals surface area contributed by atoms with Crippen molar-refractivity contribution >= 4 is 17.5 Å². The molecule has 1 aromatic heterocycles. The molecule has 130 valence electrons. The highest BCUT2D eigenvalue weighted by Gasteiger charge is 2.07. The molecule has 0 saturated heterocycles. The summed E-state index contributed by atoms with van der Waals surface area (Å²) in [6, 6.07) is 21.5. The first-order chi connectivity index (χ1) is 12.6. The highest BCUT2D eigenvalue weighted by atomic mass is 15.1. The summed E-state index contributed by atoms with van der Waals surface area (Å²) in [6.45, 7) is 1.46. The van der Waals surface area contributed by atoms with E-state index in [0.717, 1.165) is 17.9 Å². The molecule has 0 bridgehead atoms. The van der Waals surface area contributed by atoms with E-state index in [1.54, 1.807) is 12.1 Å². The molecular formula is C20H20N6. The normalized spacial score (nSPS) is 10.5. The lowest BCUT2D eigenvalue weighted by molar-refractivity contribution is 0.315. The summed E-state index contributed by atoms with van der Waals surface area (Å²) in [5, 5.41) is 12.2. The molecule has 3 aromatic rings. The predicted octanol–water partition coefficient (Wildman–Crippen LogP) is 3.31. The van der Waals surface area contributed by atoms with Gasteiger partial charge in [-0.25, -0.2) is 4.98 Å². The summed E-state index contributed by atoms with van der Waals surface area (Å²) >= 11 is 0. The van der Waals surface area contributed by atoms with Gasteiger partial charge >= 0.3 is 0 Å². The Labute approximate surface area is 152 Å². The minimum atomic E-state index is 0.217. The van der Waals surface area contributed by atoms with E-state index in [1.165, 1.54) is 5.56 Å². The molecule has 0 amide bonds. The number of nitrogens with two attached hydrogens (primary N) is 1. The van der Waals surface area contributed by atoms with Crippen molar-refractivity contribution in [2.24, 2.45) is 0 Å². The molecule has 3 N–H and O–H groups in total. The van der Waals surface area contributed by atoms with Crippen LogP contribution < -0.4 is 11.1 Å². The maximum atomic E-state index is 9.01. The first-order valence-corrected chi connectivity index (χ1v) is 8.25. The largest absolute Gasteiger partial charge is 0.368 e. The zero-order valence-electron chi connectivity index (χ0n) is 14.6. The zero-order valence-corrected chi connectivity index (χ0v) is 14.6. The van der Waals surface area contributed by atoms with Crippen molar-refractivity contribution in [2.75, 3.05) is 18.1 Å². The Morgan fingerprint density at radius 3 is 2.62 bits per heavy atom. The Kier molecular flexibility index (Phi) is 5.42. The second kappa shape index (κ2) is 8.10. The third-order valence-corrected chi connectivity index (χ3v) is 3.79. The van der Waals surface area contributed by atoms with Crippen molar-refractivity contribution in [3.8, 4) is 6.07 Å². The fourth-order valence-corrected chi connectivity index (χ4v) is 2.70. The molecule has 0 atom stereocenters. The number of hydrogen-bond acceptors (Lipinski definition) is 6. The SMILES string of the molecule is CN(Cc1ccccc1)Cc1cc(Nc2cccc(C#N)c2)nc(N)n1. The van der Waals surface area contributed by atoms with Crippen LogP contribution in [0.2, 0.25) is 0 Å². The highest BCUT2D eigenvalue weighted by Crippen LogP contribution is 2.18. The lowest BCUT2D eigenvalue weighted by Crippen LogP contribution is -2.18. The smallest absolute Gasteiger partial charge is 0.222 e. The second-order valence-corrected chi connectivity index (χ2v) is 6.08. The molecular weight excluding hydrogens is 324 g/mol. The third kappa shape index (κ3) is 4.79. The summed E-state index contributed by atoms with van der Waals surface area (Å²) in [4.78, 5) is 10.7. The zero-order chi connectivity index (χ0) is 18.4. The van der Waals surface area contributed by atoms with E-state index in [1.807, 2.05) is 43.4 Å². The van der Waals surface area contributed by atoms with E-state index in [4.69, 9.17) is 11.0 Å². The predicted molar refractivity (Wildman–Crippen MR) is 102 cm³/mol. The van der Waals surface area contributed by atoms with Gasteiger partial charge in [-0.15, -0.1) is 0 Å². The number of aromatic nitrogens is 2. The molecule has 2 aromatic carbocycles. The summed E-state index contributed by atoms with van der Waals surface area (Å²) in [5.41, 5.74) is 9.30. The van der Waals surface area contributed by atoms with Gasteiger partial charge < -0.3 is 11.1 Å². The van der Waals surface area contributed by atoms with Gasteiger partial charge in [-0.1, -0.05) is 36.4 Å². The van der Waals surface area contributed by atoms with Gasteiger partial charge in [0.25, 0.3) is 0 Å². The lowest BCUT2D eigenvalue weighted by Gasteiger charge is -2.17. The average Bonchev–Trinajstić information content (AvgIpc) is 2.62. The molecule has 0 saturated carbocycles. The van der Waals surface area contributed by atoms with E-state index in [0.29, 0.717) is 17.9 Å². The van der Waals surface area contributed by atoms with Crippen molar-refractivity contribution in [3.63, 3.8) is 0 Å². The molecule has 0 fully saturated rings. The fraction of sp³-hybridized carbons (Fsp3) is 0.150. The minimum absolute atomic E-state index is 0.217. The molecule has 1 heterocycles. The van der Waals surface area contributed by atoms with Crippen LogP contribution in [0.5, 0.6) is 0 Å². The van der Waals surface area contributed by atoms with Crippen molar-refractivity contribution in [1.82, 2.24) is 14.9 Å². The lowest BCUT2D eigenvalue weighted by atomic mass is 10.2. The Bertz CT molecular complexity index is 917. The maximum Gasteiger partial charge on any atom is 0.222 e. The molecule has 6 nitrogen and oxygen atoms in total. The van der Waals surface area contributed by atoms with Gasteiger partial charge in [0.1, 0.15) is 5.82 Å². The van der Waals surface area contributed by atoms with Crippen LogP contribution in [0.25, 0.3) is 0 Å². The topological polar surface area (TPSA) is 90.9 Å². The number of benzene rings is 2. The quantitative estimate of drug-likeness (QED) is 0.713. The molecule has 0 aliphatic heterocycles. The van der Waals surface area contributed by atoms with Gasteiger partial charge in [0.15, 0.2) is 0 Å². The van der Waals surface area contributed by atoms with Crippen LogP contribution in [0.15, 0.2) is 60.7 Å². The van der Waals surface area contributed by atoms with Crippen molar-refractivity contribution in [3.05, 3.63) is 77.5 Å². The number of nitriles is 1. The highest BCUT2D eigenvalue weighted by molar-refractivity contribution is 5.59. The summed E-state index contributed by atoms with van der Waals surface area (Å²) in [7, 11) is 2.04. The molecule has 0 spiro atoms. The van der Waals surface area contributed by atoms with Gasteiger partial charge in [0.2, 0.25) is 5.95 Å². The van der Waals surface area contributed by atoms with E-state index < -0.39 is 0 Å². The van der Waals surface area contributed by atoms with Gasteiger partial charge in [-0.2, -0.15) is 10.2 Å². The van der Waals surface area contributed by atoms with Gasteiger partial charge in [-0.05, 0) is 30.8 Å². The van der Waals surface area contributed by atoms with Crippen LogP contribution in [0, 0.1) is 11.3 Å². The number of rotatable bonds is 6. The molecule has 0 aliphatic rings. The van der Waals surface area contributed by atoms with Crippen LogP contribution in [0.1, 0.15) is 16.8 Å². The van der Waals surface area contributed by atoms with Crippen molar-refractivity contribution < 1.29 is 0 Å². The number of nitrogens with zero attached hydrogens (tertiary/aromatic N) is 4. The van der Waals surface area contributed by atoms with Crippen LogP contribution in [0.4, 0.5) is 17.5 Å².